The van der Waals surface area contributed by atoms with E-state index >= 15 is 0 Å². The van der Waals surface area contributed by atoms with Crippen LogP contribution in [0.25, 0.3) is 11.0 Å². The van der Waals surface area contributed by atoms with Crippen molar-refractivity contribution >= 4 is 23.0 Å². The van der Waals surface area contributed by atoms with Gasteiger partial charge in [0.25, 0.3) is 0 Å². The Balaban J connectivity index is 2.17. The lowest BCUT2D eigenvalue weighted by atomic mass is 9.91. The van der Waals surface area contributed by atoms with Gasteiger partial charge in [0.2, 0.25) is 5.95 Å². The number of carbonyl (C=O) groups is 1. The molecule has 0 spiro atoms. The molecule has 1 aromatic carbocycles. The molecule has 3 rings (SSSR count). The van der Waals surface area contributed by atoms with E-state index in [1.165, 1.54) is 31.1 Å². The molecule has 0 amide bonds. The van der Waals surface area contributed by atoms with Crippen molar-refractivity contribution in [1.82, 2.24) is 9.55 Å². The van der Waals surface area contributed by atoms with Gasteiger partial charge in [-0.1, -0.05) is 0 Å². The first-order valence-corrected chi connectivity index (χ1v) is 6.99. The minimum Gasteiger partial charge on any atom is -0.467 e. The Hall–Kier alpha value is -2.04. The van der Waals surface area contributed by atoms with Crippen LogP contribution in [0.4, 0.5) is 5.95 Å². The summed E-state index contributed by atoms with van der Waals surface area (Å²) in [6.45, 7) is 1.78. The summed E-state index contributed by atoms with van der Waals surface area (Å²) in [4.78, 5) is 16.2. The molecule has 5 nitrogen and oxygen atoms in total. The predicted molar refractivity (Wildman–Crippen MR) is 77.5 cm³/mol. The molecule has 1 aliphatic carbocycles. The number of nitrogens with two attached hydrogens (primary N) is 1. The number of rotatable bonds is 2. The summed E-state index contributed by atoms with van der Waals surface area (Å²) in [5, 5.41) is 0. The van der Waals surface area contributed by atoms with Crippen LogP contribution in [-0.4, -0.2) is 22.6 Å². The van der Waals surface area contributed by atoms with E-state index in [-0.39, 0.29) is 5.97 Å². The fourth-order valence-corrected chi connectivity index (χ4v) is 3.03. The number of esters is 1. The predicted octanol–water partition coefficient (Wildman–Crippen LogP) is 2.23. The molecular weight excluding hydrogens is 254 g/mol. The summed E-state index contributed by atoms with van der Waals surface area (Å²) in [6.07, 6.45) is 4.63. The number of benzene rings is 1. The molecule has 1 heterocycles. The second-order valence-corrected chi connectivity index (χ2v) is 5.36. The molecule has 1 atom stereocenters. The minimum atomic E-state index is -0.466. The molecular formula is C15H19N3O2. The monoisotopic (exact) mass is 273 g/mol. The Morgan fingerprint density at radius 2 is 2.00 bits per heavy atom. The molecule has 0 bridgehead atoms. The number of nitrogens with zero attached hydrogens (tertiary/aromatic N) is 2. The van der Waals surface area contributed by atoms with Crippen LogP contribution in [0, 0.1) is 0 Å². The Morgan fingerprint density at radius 1 is 1.35 bits per heavy atom. The number of aryl methyl sites for hydroxylation is 2. The molecule has 1 aliphatic rings. The van der Waals surface area contributed by atoms with Crippen LogP contribution in [0.15, 0.2) is 12.1 Å². The molecule has 106 valence electrons. The van der Waals surface area contributed by atoms with Gasteiger partial charge in [-0.25, -0.2) is 9.78 Å². The first kappa shape index (κ1) is 13.0. The number of carbonyl (C=O) groups excluding carboxylic acids is 1. The van der Waals surface area contributed by atoms with Gasteiger partial charge in [0.15, 0.2) is 0 Å². The third kappa shape index (κ3) is 1.94. The Morgan fingerprint density at radius 3 is 2.65 bits per heavy atom. The second-order valence-electron chi connectivity index (χ2n) is 5.36. The number of hydrogen-bond donors (Lipinski definition) is 1. The highest BCUT2D eigenvalue weighted by atomic mass is 16.5. The molecule has 5 heteroatoms. The SMILES string of the molecule is COC(=O)C(C)n1c(N)nc2cc3c(cc21)CCCC3. The molecule has 0 radical (unpaired) electrons. The van der Waals surface area contributed by atoms with Gasteiger partial charge >= 0.3 is 5.97 Å². The Labute approximate surface area is 117 Å². The van der Waals surface area contributed by atoms with Crippen molar-refractivity contribution in [2.24, 2.45) is 0 Å². The van der Waals surface area contributed by atoms with Gasteiger partial charge in [0.05, 0.1) is 18.1 Å². The zero-order valence-corrected chi connectivity index (χ0v) is 11.8. The van der Waals surface area contributed by atoms with Gasteiger partial charge in [-0.05, 0) is 55.9 Å². The first-order chi connectivity index (χ1) is 9.61. The van der Waals surface area contributed by atoms with Crippen LogP contribution in [0.1, 0.15) is 36.9 Å². The molecule has 2 aromatic rings. The number of fused-ring (bicyclic) bond motifs is 2. The maximum Gasteiger partial charge on any atom is 0.328 e. The van der Waals surface area contributed by atoms with Crippen LogP contribution in [0.3, 0.4) is 0 Å². The molecule has 1 unspecified atom stereocenters. The summed E-state index contributed by atoms with van der Waals surface area (Å²) in [5.41, 5.74) is 10.5. The first-order valence-electron chi connectivity index (χ1n) is 6.99. The maximum atomic E-state index is 11.8. The van der Waals surface area contributed by atoms with Crippen LogP contribution in [-0.2, 0) is 22.4 Å². The lowest BCUT2D eigenvalue weighted by Gasteiger charge is -2.17. The highest BCUT2D eigenvalue weighted by Gasteiger charge is 2.22. The molecule has 0 fully saturated rings. The maximum absolute atomic E-state index is 11.8. The molecule has 0 aliphatic heterocycles. The van der Waals surface area contributed by atoms with Crippen molar-refractivity contribution in [2.75, 3.05) is 12.8 Å². The third-order valence-electron chi connectivity index (χ3n) is 4.11. The van der Waals surface area contributed by atoms with Crippen molar-refractivity contribution in [3.8, 4) is 0 Å². The number of hydrogen-bond acceptors (Lipinski definition) is 4. The smallest absolute Gasteiger partial charge is 0.328 e. The van der Waals surface area contributed by atoms with Gasteiger partial charge < -0.3 is 10.5 Å². The van der Waals surface area contributed by atoms with Crippen LogP contribution in [0.5, 0.6) is 0 Å². The number of aromatic nitrogens is 2. The average Bonchev–Trinajstić information content (AvgIpc) is 2.78. The fourth-order valence-electron chi connectivity index (χ4n) is 3.03. The van der Waals surface area contributed by atoms with Gasteiger partial charge in [-0.2, -0.15) is 0 Å². The van der Waals surface area contributed by atoms with Gasteiger partial charge in [-0.3, -0.25) is 4.57 Å². The summed E-state index contributed by atoms with van der Waals surface area (Å²) in [7, 11) is 1.38. The lowest BCUT2D eigenvalue weighted by Crippen LogP contribution is -2.19. The van der Waals surface area contributed by atoms with Crippen LogP contribution in [0.2, 0.25) is 0 Å². The fraction of sp³-hybridized carbons (Fsp3) is 0.467. The normalized spacial score (nSPS) is 15.9. The number of anilines is 1. The average molecular weight is 273 g/mol. The van der Waals surface area contributed by atoms with Gasteiger partial charge in [0, 0.05) is 0 Å². The van der Waals surface area contributed by atoms with E-state index in [4.69, 9.17) is 10.5 Å². The second kappa shape index (κ2) is 4.81. The number of methoxy groups -OCH3 is 1. The van der Waals surface area contributed by atoms with E-state index in [2.05, 4.69) is 17.1 Å². The number of nitrogen functional groups attached to an aromatic ring is 1. The van der Waals surface area contributed by atoms with E-state index in [1.807, 2.05) is 0 Å². The summed E-state index contributed by atoms with van der Waals surface area (Å²) < 4.78 is 6.57. The van der Waals surface area contributed by atoms with Crippen molar-refractivity contribution in [1.29, 1.82) is 0 Å². The molecule has 1 aromatic heterocycles. The molecule has 2 N–H and O–H groups in total. The quantitative estimate of drug-likeness (QED) is 0.852. The van der Waals surface area contributed by atoms with Crippen LogP contribution >= 0.6 is 0 Å². The number of imidazole rings is 1. The zero-order chi connectivity index (χ0) is 14.3. The van der Waals surface area contributed by atoms with Crippen molar-refractivity contribution in [2.45, 2.75) is 38.6 Å². The van der Waals surface area contributed by atoms with E-state index in [1.54, 1.807) is 11.5 Å². The Kier molecular flexibility index (Phi) is 3.12. The zero-order valence-electron chi connectivity index (χ0n) is 11.8. The largest absolute Gasteiger partial charge is 0.467 e. The summed E-state index contributed by atoms with van der Waals surface area (Å²) >= 11 is 0. The van der Waals surface area contributed by atoms with E-state index in [0.717, 1.165) is 23.9 Å². The van der Waals surface area contributed by atoms with E-state index < -0.39 is 6.04 Å². The third-order valence-corrected chi connectivity index (χ3v) is 4.11. The van der Waals surface area contributed by atoms with E-state index in [0.29, 0.717) is 5.95 Å². The topological polar surface area (TPSA) is 70.1 Å². The summed E-state index contributed by atoms with van der Waals surface area (Å²) in [6, 6.07) is 3.78. The van der Waals surface area contributed by atoms with Crippen LogP contribution < -0.4 is 5.73 Å². The molecule has 0 saturated heterocycles. The highest BCUT2D eigenvalue weighted by Crippen LogP contribution is 2.30. The highest BCUT2D eigenvalue weighted by molar-refractivity contribution is 5.84. The lowest BCUT2D eigenvalue weighted by molar-refractivity contribution is -0.143. The standard InChI is InChI=1S/C15H19N3O2/c1-9(14(19)20-2)18-13-8-11-6-4-3-5-10(11)7-12(13)17-15(18)16/h7-9H,3-6H2,1-2H3,(H2,16,17). The summed E-state index contributed by atoms with van der Waals surface area (Å²) in [5.74, 6) is 0.0500. The van der Waals surface area contributed by atoms with Gasteiger partial charge in [0.1, 0.15) is 6.04 Å². The van der Waals surface area contributed by atoms with Gasteiger partial charge in [-0.15, -0.1) is 0 Å². The van der Waals surface area contributed by atoms with Crippen molar-refractivity contribution in [3.05, 3.63) is 23.3 Å². The number of ether oxygens (including phenoxy) is 1. The van der Waals surface area contributed by atoms with Crippen molar-refractivity contribution < 1.29 is 9.53 Å². The molecule has 20 heavy (non-hydrogen) atoms. The molecule has 0 saturated carbocycles. The minimum absolute atomic E-state index is 0.311. The Bertz CT molecular complexity index is 675. The van der Waals surface area contributed by atoms with E-state index in [9.17, 15) is 4.79 Å². The van der Waals surface area contributed by atoms with Crippen molar-refractivity contribution in [3.63, 3.8) is 0 Å².